The Kier molecular flexibility index (Phi) is 2.72. The number of nitrogens with zero attached hydrogens (tertiary/aromatic N) is 3. The molecule has 0 saturated heterocycles. The third-order valence-electron chi connectivity index (χ3n) is 3.27. The number of carbonyl (C=O) groups is 1. The molecule has 18 heavy (non-hydrogen) atoms. The zero-order chi connectivity index (χ0) is 13.5. The normalized spacial score (nSPS) is 16.3. The number of carboxylic acids is 1. The van der Waals surface area contributed by atoms with Gasteiger partial charge in [0.1, 0.15) is 5.69 Å². The highest BCUT2D eigenvalue weighted by molar-refractivity contribution is 5.78. The second-order valence-electron chi connectivity index (χ2n) is 4.60. The molecule has 0 aromatic carbocycles. The largest absolute Gasteiger partial charge is 0.481 e. The van der Waals surface area contributed by atoms with Gasteiger partial charge in [0.2, 0.25) is 5.82 Å². The summed E-state index contributed by atoms with van der Waals surface area (Å²) >= 11 is 0. The maximum Gasteiger partial charge on any atom is 0.333 e. The Labute approximate surface area is 103 Å². The number of aromatic nitrogens is 2. The highest BCUT2D eigenvalue weighted by Crippen LogP contribution is 2.46. The molecule has 0 amide bonds. The van der Waals surface area contributed by atoms with Crippen molar-refractivity contribution < 1.29 is 14.8 Å². The Hall–Kier alpha value is -2.12. The Morgan fingerprint density at radius 1 is 1.67 bits per heavy atom. The van der Waals surface area contributed by atoms with Gasteiger partial charge >= 0.3 is 11.7 Å². The quantitative estimate of drug-likeness (QED) is 0.597. The SMILES string of the molecule is Cc1nn(C)c(NCC2(C(=O)O)CC2)c1[N+](=O)[O-]. The van der Waals surface area contributed by atoms with Crippen molar-refractivity contribution in [2.45, 2.75) is 19.8 Å². The summed E-state index contributed by atoms with van der Waals surface area (Å²) in [5, 5.41) is 26.8. The maximum absolute atomic E-state index is 11.0. The van der Waals surface area contributed by atoms with E-state index in [0.29, 0.717) is 18.5 Å². The molecule has 0 bridgehead atoms. The van der Waals surface area contributed by atoms with E-state index in [1.54, 1.807) is 14.0 Å². The molecule has 98 valence electrons. The molecule has 1 aliphatic carbocycles. The molecule has 0 atom stereocenters. The predicted octanol–water partition coefficient (Wildman–Crippen LogP) is 0.913. The Morgan fingerprint density at radius 2 is 2.28 bits per heavy atom. The predicted molar refractivity (Wildman–Crippen MR) is 62.4 cm³/mol. The van der Waals surface area contributed by atoms with E-state index in [4.69, 9.17) is 5.11 Å². The van der Waals surface area contributed by atoms with Crippen LogP contribution in [-0.2, 0) is 11.8 Å². The average Bonchev–Trinajstić information content (AvgIpc) is 2.98. The average molecular weight is 254 g/mol. The van der Waals surface area contributed by atoms with Crippen LogP contribution < -0.4 is 5.32 Å². The lowest BCUT2D eigenvalue weighted by atomic mass is 10.1. The monoisotopic (exact) mass is 254 g/mol. The molecule has 1 aromatic rings. The highest BCUT2D eigenvalue weighted by Gasteiger charge is 2.50. The van der Waals surface area contributed by atoms with Gasteiger partial charge in [0, 0.05) is 13.6 Å². The summed E-state index contributed by atoms with van der Waals surface area (Å²) in [4.78, 5) is 21.4. The van der Waals surface area contributed by atoms with Crippen molar-refractivity contribution in [3.8, 4) is 0 Å². The first-order chi connectivity index (χ1) is 8.37. The van der Waals surface area contributed by atoms with E-state index in [2.05, 4.69) is 10.4 Å². The van der Waals surface area contributed by atoms with Crippen LogP contribution in [0.5, 0.6) is 0 Å². The third-order valence-corrected chi connectivity index (χ3v) is 3.27. The lowest BCUT2D eigenvalue weighted by molar-refractivity contribution is -0.384. The molecule has 8 nitrogen and oxygen atoms in total. The Balaban J connectivity index is 2.20. The number of carboxylic acid groups (broad SMARTS) is 1. The van der Waals surface area contributed by atoms with E-state index >= 15 is 0 Å². The second-order valence-corrected chi connectivity index (χ2v) is 4.60. The number of aliphatic carboxylic acids is 1. The summed E-state index contributed by atoms with van der Waals surface area (Å²) in [6, 6.07) is 0. The van der Waals surface area contributed by atoms with Gasteiger partial charge in [-0.15, -0.1) is 0 Å². The number of rotatable bonds is 5. The van der Waals surface area contributed by atoms with Gasteiger partial charge in [-0.3, -0.25) is 14.9 Å². The van der Waals surface area contributed by atoms with Crippen molar-refractivity contribution in [1.29, 1.82) is 0 Å². The lowest BCUT2D eigenvalue weighted by Gasteiger charge is -2.11. The molecule has 1 aromatic heterocycles. The molecular weight excluding hydrogens is 240 g/mol. The summed E-state index contributed by atoms with van der Waals surface area (Å²) in [6.45, 7) is 1.73. The summed E-state index contributed by atoms with van der Waals surface area (Å²) in [6.07, 6.45) is 1.19. The number of anilines is 1. The molecule has 1 heterocycles. The van der Waals surface area contributed by atoms with Crippen molar-refractivity contribution >= 4 is 17.5 Å². The van der Waals surface area contributed by atoms with Crippen LogP contribution in [0.25, 0.3) is 0 Å². The maximum atomic E-state index is 11.0. The van der Waals surface area contributed by atoms with Crippen LogP contribution in [-0.4, -0.2) is 32.3 Å². The van der Waals surface area contributed by atoms with Crippen LogP contribution in [0.1, 0.15) is 18.5 Å². The van der Waals surface area contributed by atoms with Crippen molar-refractivity contribution in [3.05, 3.63) is 15.8 Å². The van der Waals surface area contributed by atoms with Crippen molar-refractivity contribution in [2.75, 3.05) is 11.9 Å². The molecule has 8 heteroatoms. The van der Waals surface area contributed by atoms with Gasteiger partial charge in [-0.05, 0) is 19.8 Å². The third kappa shape index (κ3) is 1.89. The van der Waals surface area contributed by atoms with E-state index < -0.39 is 16.3 Å². The van der Waals surface area contributed by atoms with Gasteiger partial charge in [0.15, 0.2) is 0 Å². The fourth-order valence-corrected chi connectivity index (χ4v) is 1.93. The number of nitro groups is 1. The van der Waals surface area contributed by atoms with Crippen LogP contribution >= 0.6 is 0 Å². The minimum absolute atomic E-state index is 0.0984. The summed E-state index contributed by atoms with van der Waals surface area (Å²) < 4.78 is 1.37. The molecule has 1 aliphatic rings. The van der Waals surface area contributed by atoms with Gasteiger partial charge < -0.3 is 10.4 Å². The first-order valence-corrected chi connectivity index (χ1v) is 5.53. The zero-order valence-corrected chi connectivity index (χ0v) is 10.1. The molecular formula is C10H14N4O4. The first-order valence-electron chi connectivity index (χ1n) is 5.53. The summed E-state index contributed by atoms with van der Waals surface area (Å²) in [5.74, 6) is -0.610. The van der Waals surface area contributed by atoms with E-state index in [0.717, 1.165) is 0 Å². The van der Waals surface area contributed by atoms with Gasteiger partial charge in [-0.2, -0.15) is 5.10 Å². The molecule has 0 aliphatic heterocycles. The van der Waals surface area contributed by atoms with Gasteiger partial charge in [-0.25, -0.2) is 4.68 Å². The minimum atomic E-state index is -0.864. The van der Waals surface area contributed by atoms with Gasteiger partial charge in [0.05, 0.1) is 10.3 Å². The number of hydrogen-bond acceptors (Lipinski definition) is 5. The topological polar surface area (TPSA) is 110 Å². The number of aryl methyl sites for hydroxylation is 2. The Bertz CT molecular complexity index is 518. The van der Waals surface area contributed by atoms with Crippen LogP contribution in [0.4, 0.5) is 11.5 Å². The van der Waals surface area contributed by atoms with Crippen LogP contribution in [0.3, 0.4) is 0 Å². The standard InChI is InChI=1S/C10H14N4O4/c1-6-7(14(17)18)8(13(2)12-6)11-5-10(3-4-10)9(15)16/h11H,3-5H2,1-2H3,(H,15,16). The number of hydrogen-bond donors (Lipinski definition) is 2. The summed E-state index contributed by atoms with van der Waals surface area (Å²) in [5.41, 5.74) is -0.560. The highest BCUT2D eigenvalue weighted by atomic mass is 16.6. The van der Waals surface area contributed by atoms with Gasteiger partial charge in [-0.1, -0.05) is 0 Å². The molecule has 1 saturated carbocycles. The van der Waals surface area contributed by atoms with E-state index in [1.165, 1.54) is 4.68 Å². The first kappa shape index (κ1) is 12.3. The van der Waals surface area contributed by atoms with E-state index in [-0.39, 0.29) is 18.1 Å². The smallest absolute Gasteiger partial charge is 0.333 e. The van der Waals surface area contributed by atoms with Crippen LogP contribution in [0.2, 0.25) is 0 Å². The molecule has 0 spiro atoms. The molecule has 1 fully saturated rings. The lowest BCUT2D eigenvalue weighted by Crippen LogP contribution is -2.25. The van der Waals surface area contributed by atoms with Crippen molar-refractivity contribution in [1.82, 2.24) is 9.78 Å². The molecule has 0 unspecified atom stereocenters. The van der Waals surface area contributed by atoms with E-state index in [1.807, 2.05) is 0 Å². The Morgan fingerprint density at radius 3 is 2.72 bits per heavy atom. The minimum Gasteiger partial charge on any atom is -0.481 e. The van der Waals surface area contributed by atoms with E-state index in [9.17, 15) is 14.9 Å². The molecule has 0 radical (unpaired) electrons. The number of nitrogens with one attached hydrogen (secondary N) is 1. The second kappa shape index (κ2) is 3.97. The molecule has 2 rings (SSSR count). The summed E-state index contributed by atoms with van der Waals surface area (Å²) in [7, 11) is 1.59. The van der Waals surface area contributed by atoms with Gasteiger partial charge in [0.25, 0.3) is 0 Å². The van der Waals surface area contributed by atoms with Crippen molar-refractivity contribution in [2.24, 2.45) is 12.5 Å². The zero-order valence-electron chi connectivity index (χ0n) is 10.1. The fraction of sp³-hybridized carbons (Fsp3) is 0.600. The van der Waals surface area contributed by atoms with Crippen LogP contribution in [0, 0.1) is 22.5 Å². The molecule has 2 N–H and O–H groups in total. The van der Waals surface area contributed by atoms with Crippen LogP contribution in [0.15, 0.2) is 0 Å². The fourth-order valence-electron chi connectivity index (χ4n) is 1.93. The van der Waals surface area contributed by atoms with Crippen molar-refractivity contribution in [3.63, 3.8) is 0 Å².